The van der Waals surface area contributed by atoms with Gasteiger partial charge in [0.1, 0.15) is 0 Å². The van der Waals surface area contributed by atoms with E-state index in [-0.39, 0.29) is 0 Å². The Balaban J connectivity index is 2.98. The van der Waals surface area contributed by atoms with Gasteiger partial charge in [0.25, 0.3) is 0 Å². The van der Waals surface area contributed by atoms with Crippen molar-refractivity contribution in [2.45, 2.75) is 26.4 Å². The molecule has 0 spiro atoms. The van der Waals surface area contributed by atoms with Gasteiger partial charge in [-0.1, -0.05) is 6.92 Å². The normalized spacial score (nSPS) is 12.6. The van der Waals surface area contributed by atoms with Crippen LogP contribution in [0.3, 0.4) is 0 Å². The fraction of sp³-hybridized carbons (Fsp3) is 0.500. The molecule has 3 nitrogen and oxygen atoms in total. The highest BCUT2D eigenvalue weighted by Gasteiger charge is 2.09. The number of aromatic nitrogens is 1. The molecule has 0 aliphatic heterocycles. The van der Waals surface area contributed by atoms with Crippen LogP contribution in [0.15, 0.2) is 12.1 Å². The van der Waals surface area contributed by atoms with E-state index < -0.39 is 6.10 Å². The Morgan fingerprint density at radius 3 is 2.69 bits per heavy atom. The van der Waals surface area contributed by atoms with Gasteiger partial charge >= 0.3 is 0 Å². The fourth-order valence-corrected chi connectivity index (χ4v) is 1.23. The van der Waals surface area contributed by atoms with E-state index in [2.05, 4.69) is 4.98 Å². The van der Waals surface area contributed by atoms with Gasteiger partial charge in [-0.25, -0.2) is 4.98 Å². The molecular formula is C10H15NO2. The molecule has 0 amide bonds. The molecule has 0 saturated heterocycles. The first-order valence-electron chi connectivity index (χ1n) is 4.38. The van der Waals surface area contributed by atoms with E-state index in [0.29, 0.717) is 12.3 Å². The lowest BCUT2D eigenvalue weighted by Crippen LogP contribution is -2.01. The number of hydrogen-bond acceptors (Lipinski definition) is 3. The molecule has 0 radical (unpaired) electrons. The van der Waals surface area contributed by atoms with Crippen molar-refractivity contribution in [3.63, 3.8) is 0 Å². The van der Waals surface area contributed by atoms with Crippen molar-refractivity contribution in [2.75, 3.05) is 7.11 Å². The molecular weight excluding hydrogens is 166 g/mol. The molecule has 13 heavy (non-hydrogen) atoms. The van der Waals surface area contributed by atoms with Crippen LogP contribution in [0.25, 0.3) is 0 Å². The Kier molecular flexibility index (Phi) is 3.25. The summed E-state index contributed by atoms with van der Waals surface area (Å²) in [6, 6.07) is 3.62. The summed E-state index contributed by atoms with van der Waals surface area (Å²) in [5, 5.41) is 9.59. The second kappa shape index (κ2) is 4.23. The second-order valence-corrected chi connectivity index (χ2v) is 2.95. The van der Waals surface area contributed by atoms with Gasteiger partial charge in [-0.05, 0) is 19.4 Å². The van der Waals surface area contributed by atoms with Gasteiger partial charge < -0.3 is 9.84 Å². The smallest absolute Gasteiger partial charge is 0.213 e. The zero-order chi connectivity index (χ0) is 9.84. The van der Waals surface area contributed by atoms with Gasteiger partial charge in [-0.2, -0.15) is 0 Å². The van der Waals surface area contributed by atoms with Crippen LogP contribution < -0.4 is 4.74 Å². The standard InChI is InChI=1S/C10H15NO2/c1-4-9(12)8-5-6-10(13-3)11-7(8)2/h5-6,9,12H,4H2,1-3H3/t9-/m0/s1. The number of pyridine rings is 1. The van der Waals surface area contributed by atoms with Crippen molar-refractivity contribution < 1.29 is 9.84 Å². The first-order chi connectivity index (χ1) is 6.19. The summed E-state index contributed by atoms with van der Waals surface area (Å²) in [5.41, 5.74) is 1.71. The summed E-state index contributed by atoms with van der Waals surface area (Å²) in [6.07, 6.45) is 0.285. The van der Waals surface area contributed by atoms with Crippen LogP contribution in [0.2, 0.25) is 0 Å². The van der Waals surface area contributed by atoms with Crippen LogP contribution in [0.1, 0.15) is 30.7 Å². The molecule has 1 atom stereocenters. The van der Waals surface area contributed by atoms with Crippen LogP contribution in [0.5, 0.6) is 5.88 Å². The van der Waals surface area contributed by atoms with Crippen LogP contribution in [0, 0.1) is 6.92 Å². The monoisotopic (exact) mass is 181 g/mol. The molecule has 72 valence electrons. The molecule has 1 aromatic rings. The summed E-state index contributed by atoms with van der Waals surface area (Å²) < 4.78 is 4.97. The van der Waals surface area contributed by atoms with Gasteiger partial charge in [-0.15, -0.1) is 0 Å². The third-order valence-corrected chi connectivity index (χ3v) is 2.06. The van der Waals surface area contributed by atoms with Crippen molar-refractivity contribution in [1.82, 2.24) is 4.98 Å². The van der Waals surface area contributed by atoms with E-state index in [1.807, 2.05) is 19.9 Å². The predicted octanol–water partition coefficient (Wildman–Crippen LogP) is 1.84. The number of rotatable bonds is 3. The molecule has 1 N–H and O–H groups in total. The molecule has 0 aromatic carbocycles. The molecule has 0 fully saturated rings. The topological polar surface area (TPSA) is 42.4 Å². The average Bonchev–Trinajstić information content (AvgIpc) is 2.16. The maximum absolute atomic E-state index is 9.59. The van der Waals surface area contributed by atoms with E-state index in [0.717, 1.165) is 11.3 Å². The van der Waals surface area contributed by atoms with Crippen LogP contribution in [0.4, 0.5) is 0 Å². The van der Waals surface area contributed by atoms with E-state index in [1.54, 1.807) is 13.2 Å². The molecule has 0 aliphatic carbocycles. The molecule has 0 saturated carbocycles. The number of methoxy groups -OCH3 is 1. The summed E-state index contributed by atoms with van der Waals surface area (Å²) >= 11 is 0. The van der Waals surface area contributed by atoms with Gasteiger partial charge in [0.05, 0.1) is 13.2 Å². The predicted molar refractivity (Wildman–Crippen MR) is 50.8 cm³/mol. The second-order valence-electron chi connectivity index (χ2n) is 2.95. The van der Waals surface area contributed by atoms with Crippen molar-refractivity contribution in [3.8, 4) is 5.88 Å². The number of aliphatic hydroxyl groups is 1. The molecule has 0 unspecified atom stereocenters. The number of aryl methyl sites for hydroxylation is 1. The maximum Gasteiger partial charge on any atom is 0.213 e. The minimum atomic E-state index is -0.418. The Labute approximate surface area is 78.4 Å². The average molecular weight is 181 g/mol. The number of hydrogen-bond donors (Lipinski definition) is 1. The van der Waals surface area contributed by atoms with Crippen LogP contribution >= 0.6 is 0 Å². The summed E-state index contributed by atoms with van der Waals surface area (Å²) in [5.74, 6) is 0.588. The molecule has 0 bridgehead atoms. The Morgan fingerprint density at radius 2 is 2.23 bits per heavy atom. The zero-order valence-corrected chi connectivity index (χ0v) is 8.24. The first kappa shape index (κ1) is 9.99. The SMILES string of the molecule is CC[C@H](O)c1ccc(OC)nc1C. The molecule has 3 heteroatoms. The number of aliphatic hydroxyl groups excluding tert-OH is 1. The van der Waals surface area contributed by atoms with Crippen molar-refractivity contribution in [3.05, 3.63) is 23.4 Å². The van der Waals surface area contributed by atoms with Crippen molar-refractivity contribution in [1.29, 1.82) is 0 Å². The van der Waals surface area contributed by atoms with Gasteiger partial charge in [0.2, 0.25) is 5.88 Å². The minimum Gasteiger partial charge on any atom is -0.481 e. The number of nitrogens with zero attached hydrogens (tertiary/aromatic N) is 1. The molecule has 1 rings (SSSR count). The first-order valence-corrected chi connectivity index (χ1v) is 4.38. The number of ether oxygens (including phenoxy) is 1. The highest BCUT2D eigenvalue weighted by molar-refractivity contribution is 5.26. The van der Waals surface area contributed by atoms with Crippen molar-refractivity contribution >= 4 is 0 Å². The van der Waals surface area contributed by atoms with E-state index in [1.165, 1.54) is 0 Å². The zero-order valence-electron chi connectivity index (χ0n) is 8.24. The van der Waals surface area contributed by atoms with E-state index in [9.17, 15) is 5.11 Å². The molecule has 1 aromatic heterocycles. The fourth-order valence-electron chi connectivity index (χ4n) is 1.23. The lowest BCUT2D eigenvalue weighted by Gasteiger charge is -2.11. The molecule has 1 heterocycles. The van der Waals surface area contributed by atoms with Gasteiger partial charge in [-0.3, -0.25) is 0 Å². The van der Waals surface area contributed by atoms with Gasteiger partial charge in [0.15, 0.2) is 0 Å². The third-order valence-electron chi connectivity index (χ3n) is 2.06. The minimum absolute atomic E-state index is 0.418. The van der Waals surface area contributed by atoms with E-state index in [4.69, 9.17) is 4.74 Å². The largest absolute Gasteiger partial charge is 0.481 e. The molecule has 0 aliphatic rings. The highest BCUT2D eigenvalue weighted by atomic mass is 16.5. The quantitative estimate of drug-likeness (QED) is 0.773. The Hall–Kier alpha value is -1.09. The summed E-state index contributed by atoms with van der Waals surface area (Å²) in [7, 11) is 1.58. The Morgan fingerprint density at radius 1 is 1.54 bits per heavy atom. The lowest BCUT2D eigenvalue weighted by molar-refractivity contribution is 0.172. The van der Waals surface area contributed by atoms with Crippen LogP contribution in [-0.2, 0) is 0 Å². The highest BCUT2D eigenvalue weighted by Crippen LogP contribution is 2.21. The van der Waals surface area contributed by atoms with Crippen LogP contribution in [-0.4, -0.2) is 17.2 Å². The Bertz CT molecular complexity index is 286. The summed E-state index contributed by atoms with van der Waals surface area (Å²) in [4.78, 5) is 4.18. The van der Waals surface area contributed by atoms with Crippen molar-refractivity contribution in [2.24, 2.45) is 0 Å². The van der Waals surface area contributed by atoms with Gasteiger partial charge in [0, 0.05) is 17.3 Å². The summed E-state index contributed by atoms with van der Waals surface area (Å²) in [6.45, 7) is 3.81. The maximum atomic E-state index is 9.59. The van der Waals surface area contributed by atoms with E-state index >= 15 is 0 Å². The lowest BCUT2D eigenvalue weighted by atomic mass is 10.1. The third kappa shape index (κ3) is 2.18.